The summed E-state index contributed by atoms with van der Waals surface area (Å²) in [5, 5.41) is 3.29. The molecule has 0 aliphatic carbocycles. The van der Waals surface area contributed by atoms with Crippen molar-refractivity contribution in [3.8, 4) is 11.5 Å². The largest absolute Gasteiger partial charge is 0.454 e. The second-order valence-electron chi connectivity index (χ2n) is 6.36. The van der Waals surface area contributed by atoms with Crippen LogP contribution in [0.1, 0.15) is 18.9 Å². The maximum atomic E-state index is 12.8. The van der Waals surface area contributed by atoms with Gasteiger partial charge in [0.05, 0.1) is 11.9 Å². The van der Waals surface area contributed by atoms with Crippen LogP contribution in [-0.4, -0.2) is 33.4 Å². The molecule has 1 atom stereocenters. The normalized spacial score (nSPS) is 13.8. The summed E-state index contributed by atoms with van der Waals surface area (Å²) in [6.07, 6.45) is 1.39. The quantitative estimate of drug-likeness (QED) is 0.738. The van der Waals surface area contributed by atoms with Crippen LogP contribution < -0.4 is 19.1 Å². The maximum Gasteiger partial charge on any atom is 0.244 e. The summed E-state index contributed by atoms with van der Waals surface area (Å²) in [5.41, 5.74) is 1.21. The average molecular weight is 425 g/mol. The molecule has 0 saturated carbocycles. The molecule has 0 saturated heterocycles. The number of anilines is 1. The molecule has 1 heterocycles. The fourth-order valence-corrected chi connectivity index (χ4v) is 4.34. The third kappa shape index (κ3) is 4.51. The molecule has 2 aromatic carbocycles. The zero-order chi connectivity index (χ0) is 20.3. The second kappa shape index (κ2) is 8.28. The van der Waals surface area contributed by atoms with Crippen molar-refractivity contribution in [2.45, 2.75) is 25.9 Å². The summed E-state index contributed by atoms with van der Waals surface area (Å²) in [4.78, 5) is 12.8. The monoisotopic (exact) mass is 424 g/mol. The fourth-order valence-electron chi connectivity index (χ4n) is 3.01. The molecule has 150 valence electrons. The lowest BCUT2D eigenvalue weighted by molar-refractivity contribution is -0.122. The maximum absolute atomic E-state index is 12.8. The van der Waals surface area contributed by atoms with Gasteiger partial charge in [-0.25, -0.2) is 8.42 Å². The number of hydrogen-bond acceptors (Lipinski definition) is 5. The molecule has 0 aromatic heterocycles. The number of halogens is 1. The van der Waals surface area contributed by atoms with Crippen molar-refractivity contribution in [2.24, 2.45) is 0 Å². The molecule has 0 fully saturated rings. The van der Waals surface area contributed by atoms with Crippen molar-refractivity contribution >= 4 is 33.2 Å². The van der Waals surface area contributed by atoms with Crippen LogP contribution in [0.2, 0.25) is 5.02 Å². The topological polar surface area (TPSA) is 84.9 Å². The van der Waals surface area contributed by atoms with Crippen LogP contribution in [0.5, 0.6) is 11.5 Å². The van der Waals surface area contributed by atoms with E-state index in [1.807, 2.05) is 6.07 Å². The van der Waals surface area contributed by atoms with Crippen molar-refractivity contribution in [1.29, 1.82) is 0 Å². The summed E-state index contributed by atoms with van der Waals surface area (Å²) in [6.45, 7) is 2.18. The van der Waals surface area contributed by atoms with E-state index in [9.17, 15) is 13.2 Å². The number of amides is 1. The number of sulfonamides is 1. The SMILES string of the molecule is CC[C@@H](C(=O)NCc1ccc2c(c1)OCO2)N(c1ccc(Cl)cc1)S(C)(=O)=O. The van der Waals surface area contributed by atoms with E-state index in [4.69, 9.17) is 21.1 Å². The smallest absolute Gasteiger partial charge is 0.244 e. The molecule has 0 spiro atoms. The zero-order valence-electron chi connectivity index (χ0n) is 15.5. The van der Waals surface area contributed by atoms with Gasteiger partial charge in [-0.2, -0.15) is 0 Å². The van der Waals surface area contributed by atoms with Crippen LogP contribution in [0.4, 0.5) is 5.69 Å². The van der Waals surface area contributed by atoms with Crippen molar-refractivity contribution in [1.82, 2.24) is 5.32 Å². The predicted molar refractivity (Wildman–Crippen MR) is 107 cm³/mol. The number of nitrogens with zero attached hydrogens (tertiary/aromatic N) is 1. The van der Waals surface area contributed by atoms with Crippen LogP contribution >= 0.6 is 11.6 Å². The minimum absolute atomic E-state index is 0.174. The lowest BCUT2D eigenvalue weighted by atomic mass is 10.1. The van der Waals surface area contributed by atoms with Gasteiger partial charge >= 0.3 is 0 Å². The Morgan fingerprint density at radius 3 is 2.50 bits per heavy atom. The summed E-state index contributed by atoms with van der Waals surface area (Å²) in [7, 11) is -3.69. The Bertz CT molecular complexity index is 963. The molecular formula is C19H21ClN2O5S. The third-order valence-corrected chi connectivity index (χ3v) is 5.75. The molecule has 2 aromatic rings. The van der Waals surface area contributed by atoms with Crippen LogP contribution in [0.15, 0.2) is 42.5 Å². The van der Waals surface area contributed by atoms with Gasteiger partial charge in [0.2, 0.25) is 22.7 Å². The molecule has 1 N–H and O–H groups in total. The van der Waals surface area contributed by atoms with Gasteiger partial charge in [-0.05, 0) is 48.4 Å². The standard InChI is InChI=1S/C19H21ClN2O5S/c1-3-16(22(28(2,24)25)15-7-5-14(20)6-8-15)19(23)21-11-13-4-9-17-18(10-13)27-12-26-17/h4-10,16H,3,11-12H2,1-2H3,(H,21,23)/t16-/m0/s1. The highest BCUT2D eigenvalue weighted by molar-refractivity contribution is 7.92. The van der Waals surface area contributed by atoms with E-state index < -0.39 is 16.1 Å². The lowest BCUT2D eigenvalue weighted by Crippen LogP contribution is -2.49. The van der Waals surface area contributed by atoms with Gasteiger partial charge in [-0.15, -0.1) is 0 Å². The Balaban J connectivity index is 1.77. The number of ether oxygens (including phenoxy) is 2. The summed E-state index contributed by atoms with van der Waals surface area (Å²) >= 11 is 5.90. The molecule has 1 amide bonds. The van der Waals surface area contributed by atoms with Gasteiger partial charge in [0.1, 0.15) is 6.04 Å². The summed E-state index contributed by atoms with van der Waals surface area (Å²) < 4.78 is 36.5. The van der Waals surface area contributed by atoms with Gasteiger partial charge in [-0.1, -0.05) is 24.6 Å². The Labute approximate surface area is 169 Å². The fraction of sp³-hybridized carbons (Fsp3) is 0.316. The van der Waals surface area contributed by atoms with Gasteiger partial charge in [0, 0.05) is 11.6 Å². The molecular weight excluding hydrogens is 404 g/mol. The number of carbonyl (C=O) groups excluding carboxylic acids is 1. The molecule has 0 unspecified atom stereocenters. The third-order valence-electron chi connectivity index (χ3n) is 4.31. The minimum Gasteiger partial charge on any atom is -0.454 e. The highest BCUT2D eigenvalue weighted by atomic mass is 35.5. The first-order valence-corrected chi connectivity index (χ1v) is 10.9. The molecule has 0 bridgehead atoms. The molecule has 0 radical (unpaired) electrons. The van der Waals surface area contributed by atoms with E-state index in [1.54, 1.807) is 43.3 Å². The number of fused-ring (bicyclic) bond motifs is 1. The molecule has 7 nitrogen and oxygen atoms in total. The van der Waals surface area contributed by atoms with E-state index in [0.717, 1.165) is 16.1 Å². The Morgan fingerprint density at radius 1 is 1.18 bits per heavy atom. The van der Waals surface area contributed by atoms with Crippen LogP contribution in [0.25, 0.3) is 0 Å². The number of benzene rings is 2. The van der Waals surface area contributed by atoms with Crippen LogP contribution in [0.3, 0.4) is 0 Å². The van der Waals surface area contributed by atoms with Gasteiger partial charge in [-0.3, -0.25) is 9.10 Å². The highest BCUT2D eigenvalue weighted by Crippen LogP contribution is 2.32. The average Bonchev–Trinajstić information content (AvgIpc) is 3.12. The predicted octanol–water partition coefficient (Wildman–Crippen LogP) is 2.93. The van der Waals surface area contributed by atoms with E-state index in [1.165, 1.54) is 0 Å². The minimum atomic E-state index is -3.69. The first-order valence-electron chi connectivity index (χ1n) is 8.71. The summed E-state index contributed by atoms with van der Waals surface area (Å²) in [5.74, 6) is 0.894. The number of carbonyl (C=O) groups is 1. The molecule has 1 aliphatic rings. The summed E-state index contributed by atoms with van der Waals surface area (Å²) in [6, 6.07) is 10.8. The second-order valence-corrected chi connectivity index (χ2v) is 8.66. The van der Waals surface area contributed by atoms with E-state index in [-0.39, 0.29) is 19.2 Å². The molecule has 9 heteroatoms. The Morgan fingerprint density at radius 2 is 1.86 bits per heavy atom. The lowest BCUT2D eigenvalue weighted by Gasteiger charge is -2.30. The van der Waals surface area contributed by atoms with E-state index in [0.29, 0.717) is 28.6 Å². The van der Waals surface area contributed by atoms with Crippen LogP contribution in [-0.2, 0) is 21.4 Å². The first kappa shape index (κ1) is 20.3. The van der Waals surface area contributed by atoms with Gasteiger partial charge < -0.3 is 14.8 Å². The van der Waals surface area contributed by atoms with Gasteiger partial charge in [0.15, 0.2) is 11.5 Å². The van der Waals surface area contributed by atoms with Crippen molar-refractivity contribution < 1.29 is 22.7 Å². The molecule has 1 aliphatic heterocycles. The number of rotatable bonds is 7. The van der Waals surface area contributed by atoms with Crippen molar-refractivity contribution in [3.05, 3.63) is 53.1 Å². The van der Waals surface area contributed by atoms with Crippen LogP contribution in [0, 0.1) is 0 Å². The molecule has 28 heavy (non-hydrogen) atoms. The zero-order valence-corrected chi connectivity index (χ0v) is 17.1. The highest BCUT2D eigenvalue weighted by Gasteiger charge is 2.31. The Hall–Kier alpha value is -2.45. The number of hydrogen-bond donors (Lipinski definition) is 1. The number of nitrogens with one attached hydrogen (secondary N) is 1. The first-order chi connectivity index (χ1) is 13.3. The van der Waals surface area contributed by atoms with Crippen molar-refractivity contribution in [2.75, 3.05) is 17.4 Å². The van der Waals surface area contributed by atoms with Crippen molar-refractivity contribution in [3.63, 3.8) is 0 Å². The van der Waals surface area contributed by atoms with E-state index in [2.05, 4.69) is 5.32 Å². The van der Waals surface area contributed by atoms with Gasteiger partial charge in [0.25, 0.3) is 0 Å². The van der Waals surface area contributed by atoms with E-state index >= 15 is 0 Å². The Kier molecular flexibility index (Phi) is 6.00. The molecule has 3 rings (SSSR count).